The summed E-state index contributed by atoms with van der Waals surface area (Å²) in [6, 6.07) is 9.64. The molecule has 1 aromatic heterocycles. The van der Waals surface area contributed by atoms with Crippen molar-refractivity contribution in [2.24, 2.45) is 0 Å². The van der Waals surface area contributed by atoms with Crippen molar-refractivity contribution in [3.63, 3.8) is 0 Å². The summed E-state index contributed by atoms with van der Waals surface area (Å²) in [6.45, 7) is 5.23. The Kier molecular flexibility index (Phi) is 4.71. The Hall–Kier alpha value is -1.19. The Balaban J connectivity index is 1.73. The maximum atomic E-state index is 4.60. The van der Waals surface area contributed by atoms with Crippen molar-refractivity contribution in [3.8, 4) is 0 Å². The molecule has 2 aromatic rings. The summed E-state index contributed by atoms with van der Waals surface area (Å²) in [5.41, 5.74) is 4.10. The first kappa shape index (κ1) is 14.7. The van der Waals surface area contributed by atoms with Crippen LogP contribution < -0.4 is 5.32 Å². The van der Waals surface area contributed by atoms with Crippen molar-refractivity contribution in [2.75, 3.05) is 6.54 Å². The van der Waals surface area contributed by atoms with Gasteiger partial charge in [-0.05, 0) is 43.4 Å². The minimum Gasteiger partial charge on any atom is -0.310 e. The van der Waals surface area contributed by atoms with Crippen molar-refractivity contribution >= 4 is 11.3 Å². The molecule has 1 fully saturated rings. The van der Waals surface area contributed by atoms with E-state index in [1.807, 2.05) is 0 Å². The van der Waals surface area contributed by atoms with E-state index in [0.29, 0.717) is 6.04 Å². The van der Waals surface area contributed by atoms with Gasteiger partial charge < -0.3 is 5.32 Å². The van der Waals surface area contributed by atoms with Crippen molar-refractivity contribution in [2.45, 2.75) is 51.5 Å². The molecule has 2 nitrogen and oxygen atoms in total. The van der Waals surface area contributed by atoms with Gasteiger partial charge in [-0.1, -0.05) is 37.6 Å². The maximum Gasteiger partial charge on any atom is 0.0897 e. The third-order valence-electron chi connectivity index (χ3n) is 4.45. The van der Waals surface area contributed by atoms with Crippen LogP contribution in [0.4, 0.5) is 0 Å². The largest absolute Gasteiger partial charge is 0.310 e. The summed E-state index contributed by atoms with van der Waals surface area (Å²) in [5, 5.41) is 6.93. The van der Waals surface area contributed by atoms with E-state index in [0.717, 1.165) is 23.9 Å². The van der Waals surface area contributed by atoms with Gasteiger partial charge in [0.2, 0.25) is 0 Å². The lowest BCUT2D eigenvalue weighted by Crippen LogP contribution is -2.23. The van der Waals surface area contributed by atoms with Gasteiger partial charge in [0.15, 0.2) is 0 Å². The van der Waals surface area contributed by atoms with Crippen LogP contribution in [0, 0.1) is 6.92 Å². The van der Waals surface area contributed by atoms with Crippen molar-refractivity contribution in [1.82, 2.24) is 10.3 Å². The number of aryl methyl sites for hydroxylation is 1. The molecule has 0 bridgehead atoms. The molecule has 1 heterocycles. The lowest BCUT2D eigenvalue weighted by Gasteiger charge is -2.26. The SMILES string of the molecule is CCNC(Cc1csc(C)n1)c1ccc(C2CCC2)cc1. The van der Waals surface area contributed by atoms with Crippen molar-refractivity contribution in [3.05, 3.63) is 51.5 Å². The van der Waals surface area contributed by atoms with Crippen molar-refractivity contribution < 1.29 is 0 Å². The highest BCUT2D eigenvalue weighted by Gasteiger charge is 2.20. The molecule has 0 spiro atoms. The molecular formula is C18H24N2S. The second-order valence-corrected chi connectivity index (χ2v) is 7.03. The highest BCUT2D eigenvalue weighted by molar-refractivity contribution is 7.09. The van der Waals surface area contributed by atoms with E-state index < -0.39 is 0 Å². The smallest absolute Gasteiger partial charge is 0.0897 e. The molecule has 1 aromatic carbocycles. The zero-order valence-corrected chi connectivity index (χ0v) is 13.7. The first-order chi connectivity index (χ1) is 10.3. The van der Waals surface area contributed by atoms with Crippen LogP contribution >= 0.6 is 11.3 Å². The molecule has 3 rings (SSSR count). The van der Waals surface area contributed by atoms with Gasteiger partial charge in [-0.25, -0.2) is 4.98 Å². The van der Waals surface area contributed by atoms with Gasteiger partial charge in [-0.2, -0.15) is 0 Å². The highest BCUT2D eigenvalue weighted by Crippen LogP contribution is 2.36. The van der Waals surface area contributed by atoms with E-state index in [9.17, 15) is 0 Å². The Morgan fingerprint density at radius 2 is 2.05 bits per heavy atom. The number of hydrogen-bond acceptors (Lipinski definition) is 3. The zero-order valence-electron chi connectivity index (χ0n) is 12.9. The normalized spacial score (nSPS) is 16.7. The van der Waals surface area contributed by atoms with Gasteiger partial charge in [0.1, 0.15) is 0 Å². The average molecular weight is 300 g/mol. The minimum absolute atomic E-state index is 0.368. The molecule has 3 heteroatoms. The van der Waals surface area contributed by atoms with E-state index in [4.69, 9.17) is 0 Å². The summed E-state index contributed by atoms with van der Waals surface area (Å²) < 4.78 is 0. The first-order valence-corrected chi connectivity index (χ1v) is 8.88. The molecule has 0 radical (unpaired) electrons. The standard InChI is InChI=1S/C18H24N2S/c1-3-19-18(11-17-12-21-13(2)20-17)16-9-7-15(8-10-16)14-5-4-6-14/h7-10,12,14,18-19H,3-6,11H2,1-2H3. The first-order valence-electron chi connectivity index (χ1n) is 8.00. The molecule has 1 saturated carbocycles. The van der Waals surface area contributed by atoms with Crippen LogP contribution in [0.2, 0.25) is 0 Å². The monoisotopic (exact) mass is 300 g/mol. The molecule has 112 valence electrons. The Labute approximate surface area is 131 Å². The maximum absolute atomic E-state index is 4.60. The molecule has 0 amide bonds. The van der Waals surface area contributed by atoms with E-state index in [-0.39, 0.29) is 0 Å². The van der Waals surface area contributed by atoms with Gasteiger partial charge in [-0.3, -0.25) is 0 Å². The molecule has 1 aliphatic carbocycles. The fourth-order valence-electron chi connectivity index (χ4n) is 3.01. The van der Waals surface area contributed by atoms with Crippen LogP contribution in [-0.4, -0.2) is 11.5 Å². The highest BCUT2D eigenvalue weighted by atomic mass is 32.1. The minimum atomic E-state index is 0.368. The predicted molar refractivity (Wildman–Crippen MR) is 90.0 cm³/mol. The van der Waals surface area contributed by atoms with Gasteiger partial charge in [0, 0.05) is 17.8 Å². The number of rotatable bonds is 6. The Morgan fingerprint density at radius 3 is 2.57 bits per heavy atom. The topological polar surface area (TPSA) is 24.9 Å². The fourth-order valence-corrected chi connectivity index (χ4v) is 3.63. The Bertz CT molecular complexity index is 569. The molecular weight excluding hydrogens is 276 g/mol. The zero-order chi connectivity index (χ0) is 14.7. The number of hydrogen-bond donors (Lipinski definition) is 1. The summed E-state index contributed by atoms with van der Waals surface area (Å²) >= 11 is 1.74. The van der Waals surface area contributed by atoms with Crippen LogP contribution in [0.15, 0.2) is 29.6 Å². The third-order valence-corrected chi connectivity index (χ3v) is 5.27. The van der Waals surface area contributed by atoms with Crippen molar-refractivity contribution in [1.29, 1.82) is 0 Å². The predicted octanol–water partition coefficient (Wildman–Crippen LogP) is 4.61. The quantitative estimate of drug-likeness (QED) is 0.842. The van der Waals surface area contributed by atoms with Gasteiger partial charge in [0.25, 0.3) is 0 Å². The summed E-state index contributed by atoms with van der Waals surface area (Å²) in [4.78, 5) is 4.60. The number of aromatic nitrogens is 1. The van der Waals surface area contributed by atoms with Crippen LogP contribution in [0.5, 0.6) is 0 Å². The molecule has 1 aliphatic rings. The fraction of sp³-hybridized carbons (Fsp3) is 0.500. The number of likely N-dealkylation sites (N-methyl/N-ethyl adjacent to an activating group) is 1. The molecule has 1 atom stereocenters. The summed E-state index contributed by atoms with van der Waals surface area (Å²) in [6.07, 6.45) is 5.11. The lowest BCUT2D eigenvalue weighted by molar-refractivity contribution is 0.419. The van der Waals surface area contributed by atoms with Crippen LogP contribution in [0.25, 0.3) is 0 Å². The number of benzene rings is 1. The molecule has 21 heavy (non-hydrogen) atoms. The molecule has 1 N–H and O–H groups in total. The van der Waals surface area contributed by atoms with E-state index >= 15 is 0 Å². The van der Waals surface area contributed by atoms with Gasteiger partial charge in [-0.15, -0.1) is 11.3 Å². The van der Waals surface area contributed by atoms with E-state index in [1.165, 1.54) is 36.1 Å². The summed E-state index contributed by atoms with van der Waals surface area (Å²) in [7, 11) is 0. The van der Waals surface area contributed by atoms with Crippen LogP contribution in [-0.2, 0) is 6.42 Å². The Morgan fingerprint density at radius 1 is 1.29 bits per heavy atom. The van der Waals surface area contributed by atoms with Crippen LogP contribution in [0.1, 0.15) is 60.0 Å². The molecule has 0 saturated heterocycles. The second-order valence-electron chi connectivity index (χ2n) is 5.97. The van der Waals surface area contributed by atoms with Gasteiger partial charge >= 0.3 is 0 Å². The second kappa shape index (κ2) is 6.71. The third kappa shape index (κ3) is 3.53. The van der Waals surface area contributed by atoms with Gasteiger partial charge in [0.05, 0.1) is 10.7 Å². The van der Waals surface area contributed by atoms with E-state index in [1.54, 1.807) is 11.3 Å². The molecule has 1 unspecified atom stereocenters. The van der Waals surface area contributed by atoms with E-state index in [2.05, 4.69) is 53.8 Å². The summed E-state index contributed by atoms with van der Waals surface area (Å²) in [5.74, 6) is 0.817. The average Bonchev–Trinajstić information content (AvgIpc) is 2.83. The number of nitrogens with zero attached hydrogens (tertiary/aromatic N) is 1. The molecule has 0 aliphatic heterocycles. The lowest BCUT2D eigenvalue weighted by atomic mass is 9.80. The van der Waals surface area contributed by atoms with Crippen LogP contribution in [0.3, 0.4) is 0 Å². The number of thiazole rings is 1. The number of nitrogens with one attached hydrogen (secondary N) is 1.